The molecule has 2 aromatic rings. The summed E-state index contributed by atoms with van der Waals surface area (Å²) >= 11 is 3.27. The van der Waals surface area contributed by atoms with Crippen LogP contribution in [0.2, 0.25) is 0 Å². The van der Waals surface area contributed by atoms with E-state index in [1.807, 2.05) is 24.3 Å². The highest BCUT2D eigenvalue weighted by atomic mass is 79.9. The lowest BCUT2D eigenvalue weighted by Crippen LogP contribution is -2.11. The lowest BCUT2D eigenvalue weighted by molar-refractivity contribution is -0.384. The van der Waals surface area contributed by atoms with Crippen molar-refractivity contribution >= 4 is 33.1 Å². The van der Waals surface area contributed by atoms with Gasteiger partial charge in [-0.05, 0) is 33.0 Å². The molecule has 1 N–H and O–H groups in total. The number of nitro groups is 1. The molecule has 25 heavy (non-hydrogen) atoms. The van der Waals surface area contributed by atoms with E-state index in [0.717, 1.165) is 0 Å². The van der Waals surface area contributed by atoms with Crippen LogP contribution in [0.5, 0.6) is 0 Å². The molecule has 0 aliphatic carbocycles. The third-order valence-corrected chi connectivity index (χ3v) is 4.33. The average molecular weight is 403 g/mol. The number of non-ortho nitro benzene ring substituents is 1. The fourth-order valence-corrected chi connectivity index (χ4v) is 2.65. The van der Waals surface area contributed by atoms with Crippen molar-refractivity contribution in [3.63, 3.8) is 0 Å². The molecule has 0 spiro atoms. The summed E-state index contributed by atoms with van der Waals surface area (Å²) in [4.78, 5) is 22.4. The van der Waals surface area contributed by atoms with Gasteiger partial charge in [-0.1, -0.05) is 45.0 Å². The lowest BCUT2D eigenvalue weighted by Gasteiger charge is -2.18. The van der Waals surface area contributed by atoms with Gasteiger partial charge in [-0.3, -0.25) is 14.9 Å². The molecule has 2 aromatic carbocycles. The van der Waals surface area contributed by atoms with Crippen molar-refractivity contribution < 1.29 is 9.72 Å². The third-order valence-electron chi connectivity index (χ3n) is 3.67. The second-order valence-corrected chi connectivity index (χ2v) is 7.44. The van der Waals surface area contributed by atoms with Gasteiger partial charge in [0.1, 0.15) is 0 Å². The first-order chi connectivity index (χ1) is 11.7. The number of halogens is 1. The molecular weight excluding hydrogens is 384 g/mol. The van der Waals surface area contributed by atoms with E-state index >= 15 is 0 Å². The number of hydrogen-bond donors (Lipinski definition) is 1. The number of ketones is 1. The first kappa shape index (κ1) is 18.9. The quantitative estimate of drug-likeness (QED) is 0.311. The number of nitrogens with zero attached hydrogens (tertiary/aromatic N) is 1. The summed E-state index contributed by atoms with van der Waals surface area (Å²) in [5.41, 5.74) is 2.45. The minimum absolute atomic E-state index is 0.00332. The molecular formula is C19H19BrN2O3. The van der Waals surface area contributed by atoms with Crippen LogP contribution in [0.15, 0.2) is 59.2 Å². The van der Waals surface area contributed by atoms with Gasteiger partial charge < -0.3 is 5.32 Å². The van der Waals surface area contributed by atoms with E-state index in [-0.39, 0.29) is 16.9 Å². The van der Waals surface area contributed by atoms with Gasteiger partial charge >= 0.3 is 0 Å². The molecule has 0 unspecified atom stereocenters. The average Bonchev–Trinajstić information content (AvgIpc) is 2.55. The second-order valence-electron chi connectivity index (χ2n) is 6.59. The van der Waals surface area contributed by atoms with Crippen molar-refractivity contribution in [3.05, 3.63) is 80.5 Å². The van der Waals surface area contributed by atoms with Crippen LogP contribution in [-0.4, -0.2) is 10.7 Å². The molecule has 130 valence electrons. The van der Waals surface area contributed by atoms with Crippen molar-refractivity contribution in [1.82, 2.24) is 0 Å². The van der Waals surface area contributed by atoms with Gasteiger partial charge in [-0.2, -0.15) is 0 Å². The van der Waals surface area contributed by atoms with Gasteiger partial charge in [0.25, 0.3) is 5.69 Å². The van der Waals surface area contributed by atoms with Crippen molar-refractivity contribution in [2.24, 2.45) is 0 Å². The summed E-state index contributed by atoms with van der Waals surface area (Å²) in [6.07, 6.45) is 2.95. The van der Waals surface area contributed by atoms with Crippen molar-refractivity contribution in [2.45, 2.75) is 26.2 Å². The van der Waals surface area contributed by atoms with Gasteiger partial charge in [0.15, 0.2) is 5.78 Å². The molecule has 0 amide bonds. The Morgan fingerprint density at radius 2 is 1.80 bits per heavy atom. The van der Waals surface area contributed by atoms with E-state index in [2.05, 4.69) is 42.0 Å². The molecule has 2 rings (SSSR count). The standard InChI is InChI=1S/C19H19BrN2O3/c1-19(2,3)14-6-4-13(5-7-14)18(23)10-11-21-17-9-8-15(22(24)25)12-16(17)20/h4-12,21H,1-3H3/b11-10-. The Balaban J connectivity index is 2.04. The molecule has 6 heteroatoms. The number of benzene rings is 2. The Kier molecular flexibility index (Phi) is 5.74. The molecule has 0 aliphatic heterocycles. The van der Waals surface area contributed by atoms with Crippen molar-refractivity contribution in [1.29, 1.82) is 0 Å². The Hall–Kier alpha value is -2.47. The number of nitrogens with one attached hydrogen (secondary N) is 1. The van der Waals surface area contributed by atoms with Gasteiger partial charge in [0.05, 0.1) is 10.6 Å². The highest BCUT2D eigenvalue weighted by molar-refractivity contribution is 9.10. The fraction of sp³-hybridized carbons (Fsp3) is 0.211. The predicted molar refractivity (Wildman–Crippen MR) is 103 cm³/mol. The Morgan fingerprint density at radius 1 is 1.16 bits per heavy atom. The van der Waals surface area contributed by atoms with Gasteiger partial charge in [0.2, 0.25) is 0 Å². The maximum atomic E-state index is 12.2. The zero-order valence-electron chi connectivity index (χ0n) is 14.2. The van der Waals surface area contributed by atoms with Crippen LogP contribution in [0, 0.1) is 10.1 Å². The van der Waals surface area contributed by atoms with E-state index in [0.29, 0.717) is 15.7 Å². The molecule has 5 nitrogen and oxygen atoms in total. The van der Waals surface area contributed by atoms with Gasteiger partial charge in [-0.15, -0.1) is 0 Å². The van der Waals surface area contributed by atoms with Crippen LogP contribution in [-0.2, 0) is 5.41 Å². The van der Waals surface area contributed by atoms with Crippen LogP contribution < -0.4 is 5.32 Å². The summed E-state index contributed by atoms with van der Waals surface area (Å²) in [6.45, 7) is 6.36. The highest BCUT2D eigenvalue weighted by Crippen LogP contribution is 2.27. The topological polar surface area (TPSA) is 72.2 Å². The largest absolute Gasteiger partial charge is 0.361 e. The Bertz CT molecular complexity index is 822. The number of nitro benzene ring substituents is 1. The van der Waals surface area contributed by atoms with E-state index in [9.17, 15) is 14.9 Å². The third kappa shape index (κ3) is 5.00. The molecule has 0 heterocycles. The zero-order chi connectivity index (χ0) is 18.6. The summed E-state index contributed by atoms with van der Waals surface area (Å²) in [5, 5.41) is 13.7. The zero-order valence-corrected chi connectivity index (χ0v) is 15.8. The minimum atomic E-state index is -0.463. The molecule has 0 saturated carbocycles. The summed E-state index contributed by atoms with van der Waals surface area (Å²) in [5.74, 6) is -0.119. The minimum Gasteiger partial charge on any atom is -0.361 e. The molecule has 0 atom stereocenters. The number of rotatable bonds is 5. The molecule has 0 radical (unpaired) electrons. The van der Waals surface area contributed by atoms with Gasteiger partial charge in [-0.25, -0.2) is 0 Å². The van der Waals surface area contributed by atoms with Gasteiger partial charge in [0, 0.05) is 34.4 Å². The van der Waals surface area contributed by atoms with E-state index < -0.39 is 4.92 Å². The summed E-state index contributed by atoms with van der Waals surface area (Å²) in [6, 6.07) is 11.9. The molecule has 0 bridgehead atoms. The first-order valence-corrected chi connectivity index (χ1v) is 8.49. The van der Waals surface area contributed by atoms with E-state index in [1.165, 1.54) is 30.0 Å². The first-order valence-electron chi connectivity index (χ1n) is 7.70. The molecule has 0 aliphatic rings. The summed E-state index contributed by atoms with van der Waals surface area (Å²) in [7, 11) is 0. The fourth-order valence-electron chi connectivity index (χ4n) is 2.17. The van der Waals surface area contributed by atoms with Crippen molar-refractivity contribution in [3.8, 4) is 0 Å². The Morgan fingerprint density at radius 3 is 2.32 bits per heavy atom. The smallest absolute Gasteiger partial charge is 0.270 e. The van der Waals surface area contributed by atoms with Crippen LogP contribution in [0.1, 0.15) is 36.7 Å². The van der Waals surface area contributed by atoms with E-state index in [1.54, 1.807) is 6.07 Å². The maximum Gasteiger partial charge on any atom is 0.270 e. The normalized spacial score (nSPS) is 11.5. The number of anilines is 1. The Labute approximate surface area is 155 Å². The second kappa shape index (κ2) is 7.61. The van der Waals surface area contributed by atoms with Crippen LogP contribution >= 0.6 is 15.9 Å². The molecule has 0 fully saturated rings. The van der Waals surface area contributed by atoms with E-state index in [4.69, 9.17) is 0 Å². The molecule has 0 saturated heterocycles. The number of hydrogen-bond acceptors (Lipinski definition) is 4. The highest BCUT2D eigenvalue weighted by Gasteiger charge is 2.13. The number of carbonyl (C=O) groups excluding carboxylic acids is 1. The maximum absolute atomic E-state index is 12.2. The number of carbonyl (C=O) groups is 1. The summed E-state index contributed by atoms with van der Waals surface area (Å²) < 4.78 is 0.549. The number of allylic oxidation sites excluding steroid dienone is 1. The van der Waals surface area contributed by atoms with Crippen LogP contribution in [0.4, 0.5) is 11.4 Å². The lowest BCUT2D eigenvalue weighted by atomic mass is 9.86. The predicted octanol–water partition coefficient (Wildman–Crippen LogP) is 5.46. The molecule has 0 aromatic heterocycles. The monoisotopic (exact) mass is 402 g/mol. The van der Waals surface area contributed by atoms with Crippen molar-refractivity contribution in [2.75, 3.05) is 5.32 Å². The van der Waals surface area contributed by atoms with Crippen LogP contribution in [0.3, 0.4) is 0 Å². The SMILES string of the molecule is CC(C)(C)c1ccc(C(=O)/C=C\Nc2ccc([N+](=O)[O-])cc2Br)cc1. The van der Waals surface area contributed by atoms with Crippen LogP contribution in [0.25, 0.3) is 0 Å².